The van der Waals surface area contributed by atoms with Gasteiger partial charge in [-0.25, -0.2) is 9.37 Å². The van der Waals surface area contributed by atoms with Gasteiger partial charge in [0.1, 0.15) is 11.6 Å². The molecule has 1 aromatic heterocycles. The van der Waals surface area contributed by atoms with Gasteiger partial charge >= 0.3 is 0 Å². The lowest BCUT2D eigenvalue weighted by atomic mass is 10.2. The van der Waals surface area contributed by atoms with Crippen LogP contribution in [0.3, 0.4) is 0 Å². The highest BCUT2D eigenvalue weighted by atomic mass is 19.1. The quantitative estimate of drug-likeness (QED) is 0.881. The van der Waals surface area contributed by atoms with Crippen LogP contribution >= 0.6 is 0 Å². The number of aromatic nitrogens is 2. The molecule has 100 valence electrons. The van der Waals surface area contributed by atoms with Gasteiger partial charge in [-0.05, 0) is 29.8 Å². The van der Waals surface area contributed by atoms with E-state index >= 15 is 0 Å². The van der Waals surface area contributed by atoms with Crippen LogP contribution in [0.4, 0.5) is 4.39 Å². The van der Waals surface area contributed by atoms with Gasteiger partial charge in [0.25, 0.3) is 0 Å². The summed E-state index contributed by atoms with van der Waals surface area (Å²) in [5.41, 5.74) is 1.89. The fourth-order valence-electron chi connectivity index (χ4n) is 2.30. The van der Waals surface area contributed by atoms with Crippen molar-refractivity contribution in [3.63, 3.8) is 0 Å². The first kappa shape index (κ1) is 12.3. The van der Waals surface area contributed by atoms with Crippen LogP contribution in [0, 0.1) is 5.82 Å². The van der Waals surface area contributed by atoms with E-state index < -0.39 is 0 Å². The zero-order chi connectivity index (χ0) is 13.1. The Morgan fingerprint density at radius 1 is 1.16 bits per heavy atom. The lowest BCUT2D eigenvalue weighted by Crippen LogP contribution is -2.43. The molecule has 1 fully saturated rings. The zero-order valence-electron chi connectivity index (χ0n) is 10.7. The summed E-state index contributed by atoms with van der Waals surface area (Å²) in [5, 5.41) is 3.33. The van der Waals surface area contributed by atoms with E-state index in [4.69, 9.17) is 0 Å². The van der Waals surface area contributed by atoms with Gasteiger partial charge in [-0.3, -0.25) is 4.90 Å². The molecule has 0 unspecified atom stereocenters. The maximum atomic E-state index is 12.9. The molecule has 2 heterocycles. The normalized spacial score (nSPS) is 16.7. The minimum absolute atomic E-state index is 0.218. The fraction of sp³-hybridized carbons (Fsp3) is 0.357. The van der Waals surface area contributed by atoms with Gasteiger partial charge in [0, 0.05) is 26.2 Å². The third kappa shape index (κ3) is 3.00. The Hall–Kier alpha value is -1.72. The average molecular weight is 260 g/mol. The van der Waals surface area contributed by atoms with Crippen molar-refractivity contribution in [3.8, 4) is 11.3 Å². The van der Waals surface area contributed by atoms with Crippen LogP contribution in [-0.2, 0) is 6.54 Å². The molecular weight excluding hydrogens is 243 g/mol. The van der Waals surface area contributed by atoms with Gasteiger partial charge in [-0.15, -0.1) is 0 Å². The topological polar surface area (TPSA) is 44.0 Å². The number of nitrogens with zero attached hydrogens (tertiary/aromatic N) is 2. The Morgan fingerprint density at radius 3 is 2.63 bits per heavy atom. The van der Waals surface area contributed by atoms with Crippen LogP contribution in [0.15, 0.2) is 30.5 Å². The second kappa shape index (κ2) is 5.50. The molecule has 1 aliphatic heterocycles. The van der Waals surface area contributed by atoms with Crippen LogP contribution in [0.1, 0.15) is 5.82 Å². The Labute approximate surface area is 111 Å². The summed E-state index contributed by atoms with van der Waals surface area (Å²) in [6, 6.07) is 6.45. The molecule has 0 amide bonds. The van der Waals surface area contributed by atoms with Crippen LogP contribution in [0.2, 0.25) is 0 Å². The largest absolute Gasteiger partial charge is 0.341 e. The number of nitrogens with one attached hydrogen (secondary N) is 2. The first-order chi connectivity index (χ1) is 9.31. The van der Waals surface area contributed by atoms with E-state index in [1.165, 1.54) is 12.1 Å². The number of halogens is 1. The molecule has 0 saturated carbocycles. The monoisotopic (exact) mass is 260 g/mol. The highest BCUT2D eigenvalue weighted by molar-refractivity contribution is 5.58. The Kier molecular flexibility index (Phi) is 3.57. The van der Waals surface area contributed by atoms with Crippen LogP contribution in [0.5, 0.6) is 0 Å². The molecule has 5 heteroatoms. The molecular formula is C14H17FN4. The van der Waals surface area contributed by atoms with Crippen molar-refractivity contribution in [2.75, 3.05) is 26.2 Å². The van der Waals surface area contributed by atoms with Crippen molar-refractivity contribution in [3.05, 3.63) is 42.1 Å². The number of hydrogen-bond acceptors (Lipinski definition) is 3. The summed E-state index contributed by atoms with van der Waals surface area (Å²) in [6.07, 6.45) is 1.81. The molecule has 1 aliphatic rings. The summed E-state index contributed by atoms with van der Waals surface area (Å²) < 4.78 is 12.9. The summed E-state index contributed by atoms with van der Waals surface area (Å²) in [4.78, 5) is 10.1. The van der Waals surface area contributed by atoms with Crippen LogP contribution in [-0.4, -0.2) is 41.0 Å². The predicted octanol–water partition coefficient (Wildman–Crippen LogP) is 1.62. The second-order valence-electron chi connectivity index (χ2n) is 4.78. The fourth-order valence-corrected chi connectivity index (χ4v) is 2.30. The van der Waals surface area contributed by atoms with Crippen molar-refractivity contribution in [1.82, 2.24) is 20.2 Å². The van der Waals surface area contributed by atoms with E-state index in [1.807, 2.05) is 6.20 Å². The van der Waals surface area contributed by atoms with Gasteiger partial charge < -0.3 is 10.3 Å². The van der Waals surface area contributed by atoms with Gasteiger partial charge in [-0.2, -0.15) is 0 Å². The maximum absolute atomic E-state index is 12.9. The average Bonchev–Trinajstić information content (AvgIpc) is 2.89. The van der Waals surface area contributed by atoms with E-state index in [9.17, 15) is 4.39 Å². The molecule has 1 aromatic carbocycles. The van der Waals surface area contributed by atoms with Crippen molar-refractivity contribution in [2.24, 2.45) is 0 Å². The molecule has 1 saturated heterocycles. The standard InChI is InChI=1S/C14H17FN4/c15-12-3-1-11(2-4-12)13-9-17-14(18-13)10-19-7-5-16-6-8-19/h1-4,9,16H,5-8,10H2,(H,17,18). The SMILES string of the molecule is Fc1ccc(-c2cnc(CN3CCNCC3)[nH]2)cc1. The van der Waals surface area contributed by atoms with Gasteiger partial charge in [-0.1, -0.05) is 0 Å². The summed E-state index contributed by atoms with van der Waals surface area (Å²) in [6.45, 7) is 5.00. The highest BCUT2D eigenvalue weighted by Gasteiger charge is 2.12. The van der Waals surface area contributed by atoms with Crippen molar-refractivity contribution >= 4 is 0 Å². The molecule has 2 N–H and O–H groups in total. The first-order valence-electron chi connectivity index (χ1n) is 6.54. The lowest BCUT2D eigenvalue weighted by Gasteiger charge is -2.26. The third-order valence-electron chi connectivity index (χ3n) is 3.37. The van der Waals surface area contributed by atoms with Crippen molar-refractivity contribution in [2.45, 2.75) is 6.54 Å². The number of imidazole rings is 1. The van der Waals surface area contributed by atoms with Crippen molar-refractivity contribution < 1.29 is 4.39 Å². The number of H-pyrrole nitrogens is 1. The summed E-state index contributed by atoms with van der Waals surface area (Å²) >= 11 is 0. The summed E-state index contributed by atoms with van der Waals surface area (Å²) in [5.74, 6) is 0.741. The molecule has 0 aliphatic carbocycles. The maximum Gasteiger partial charge on any atom is 0.123 e. The number of benzene rings is 1. The Balaban J connectivity index is 1.70. The van der Waals surface area contributed by atoms with E-state index in [0.717, 1.165) is 49.8 Å². The number of aromatic amines is 1. The van der Waals surface area contributed by atoms with Crippen LogP contribution < -0.4 is 5.32 Å². The van der Waals surface area contributed by atoms with Gasteiger partial charge in [0.05, 0.1) is 18.4 Å². The van der Waals surface area contributed by atoms with E-state index in [2.05, 4.69) is 20.2 Å². The molecule has 19 heavy (non-hydrogen) atoms. The zero-order valence-corrected chi connectivity index (χ0v) is 10.7. The molecule has 0 atom stereocenters. The molecule has 4 nitrogen and oxygen atoms in total. The highest BCUT2D eigenvalue weighted by Crippen LogP contribution is 2.17. The van der Waals surface area contributed by atoms with Crippen molar-refractivity contribution in [1.29, 1.82) is 0 Å². The lowest BCUT2D eigenvalue weighted by molar-refractivity contribution is 0.228. The molecule has 0 spiro atoms. The van der Waals surface area contributed by atoms with Crippen LogP contribution in [0.25, 0.3) is 11.3 Å². The van der Waals surface area contributed by atoms with E-state index in [-0.39, 0.29) is 5.82 Å². The molecule has 3 rings (SSSR count). The predicted molar refractivity (Wildman–Crippen MR) is 72.1 cm³/mol. The second-order valence-corrected chi connectivity index (χ2v) is 4.78. The van der Waals surface area contributed by atoms with E-state index in [1.54, 1.807) is 12.1 Å². The first-order valence-corrected chi connectivity index (χ1v) is 6.54. The smallest absolute Gasteiger partial charge is 0.123 e. The number of piperazine rings is 1. The Morgan fingerprint density at radius 2 is 1.89 bits per heavy atom. The summed E-state index contributed by atoms with van der Waals surface area (Å²) in [7, 11) is 0. The number of hydrogen-bond donors (Lipinski definition) is 2. The molecule has 0 radical (unpaired) electrons. The van der Waals surface area contributed by atoms with Gasteiger partial charge in [0.15, 0.2) is 0 Å². The molecule has 0 bridgehead atoms. The third-order valence-corrected chi connectivity index (χ3v) is 3.37. The minimum atomic E-state index is -0.218. The Bertz CT molecular complexity index is 529. The molecule has 2 aromatic rings. The number of rotatable bonds is 3. The van der Waals surface area contributed by atoms with Gasteiger partial charge in [0.2, 0.25) is 0 Å². The van der Waals surface area contributed by atoms with E-state index in [0.29, 0.717) is 0 Å². The minimum Gasteiger partial charge on any atom is -0.341 e.